The molecule has 0 saturated carbocycles. The number of carbonyl (C=O) groups excluding carboxylic acids is 3. The van der Waals surface area contributed by atoms with Gasteiger partial charge in [-0.3, -0.25) is 14.4 Å². The Labute approximate surface area is 116 Å². The summed E-state index contributed by atoms with van der Waals surface area (Å²) in [6.45, 7) is 4.13. The van der Waals surface area contributed by atoms with E-state index in [2.05, 4.69) is 9.47 Å². The number of carbonyl (C=O) groups is 4. The second-order valence-electron chi connectivity index (χ2n) is 3.86. The molecule has 0 fully saturated rings. The first-order valence-corrected chi connectivity index (χ1v) is 6.01. The van der Waals surface area contributed by atoms with Crippen LogP contribution in [0.5, 0.6) is 0 Å². The van der Waals surface area contributed by atoms with Crippen LogP contribution in [-0.4, -0.2) is 47.8 Å². The number of carboxylic acids is 1. The van der Waals surface area contributed by atoms with Crippen molar-refractivity contribution in [1.82, 2.24) is 0 Å². The smallest absolute Gasteiger partial charge is 0.349 e. The topological polar surface area (TPSA) is 116 Å². The Hall–Kier alpha value is -2.12. The number of hydrogen-bond donors (Lipinski definition) is 1. The van der Waals surface area contributed by atoms with Crippen molar-refractivity contribution in [1.29, 1.82) is 0 Å². The molecule has 0 aliphatic heterocycles. The normalized spacial score (nSPS) is 10.6. The van der Waals surface area contributed by atoms with E-state index in [1.807, 2.05) is 0 Å². The predicted molar refractivity (Wildman–Crippen MR) is 64.6 cm³/mol. The molecule has 1 N–H and O–H groups in total. The van der Waals surface area contributed by atoms with Gasteiger partial charge in [-0.2, -0.15) is 0 Å². The molecule has 0 aromatic heterocycles. The standard InChI is InChI=1S/C12H18O8/c1-4-18-9(14)6-12(11(16)17,20-8(3)13)7-10(15)19-5-2/h4-7H2,1-3H3,(H,16,17). The van der Waals surface area contributed by atoms with Gasteiger partial charge in [0.25, 0.3) is 0 Å². The molecule has 0 amide bonds. The summed E-state index contributed by atoms with van der Waals surface area (Å²) in [5, 5.41) is 9.21. The lowest BCUT2D eigenvalue weighted by molar-refractivity contribution is -0.186. The Bertz CT molecular complexity index is 367. The van der Waals surface area contributed by atoms with Crippen LogP contribution in [0.3, 0.4) is 0 Å². The number of ether oxygens (including phenoxy) is 3. The molecule has 20 heavy (non-hydrogen) atoms. The van der Waals surface area contributed by atoms with E-state index in [0.29, 0.717) is 0 Å². The van der Waals surface area contributed by atoms with Crippen LogP contribution >= 0.6 is 0 Å². The van der Waals surface area contributed by atoms with E-state index in [-0.39, 0.29) is 13.2 Å². The fourth-order valence-corrected chi connectivity index (χ4v) is 1.50. The number of rotatable bonds is 8. The zero-order chi connectivity index (χ0) is 15.8. The molecule has 0 bridgehead atoms. The summed E-state index contributed by atoms with van der Waals surface area (Å²) < 4.78 is 13.9. The Morgan fingerprint density at radius 2 is 1.35 bits per heavy atom. The van der Waals surface area contributed by atoms with Gasteiger partial charge in [0.15, 0.2) is 0 Å². The van der Waals surface area contributed by atoms with E-state index in [1.54, 1.807) is 0 Å². The summed E-state index contributed by atoms with van der Waals surface area (Å²) in [4.78, 5) is 45.3. The van der Waals surface area contributed by atoms with Crippen molar-refractivity contribution in [3.63, 3.8) is 0 Å². The highest BCUT2D eigenvalue weighted by Gasteiger charge is 2.47. The van der Waals surface area contributed by atoms with Gasteiger partial charge in [-0.25, -0.2) is 4.79 Å². The second-order valence-corrected chi connectivity index (χ2v) is 3.86. The second kappa shape index (κ2) is 8.13. The van der Waals surface area contributed by atoms with E-state index in [9.17, 15) is 24.3 Å². The van der Waals surface area contributed by atoms with Crippen LogP contribution in [0.4, 0.5) is 0 Å². The fourth-order valence-electron chi connectivity index (χ4n) is 1.50. The summed E-state index contributed by atoms with van der Waals surface area (Å²) in [5.74, 6) is -4.32. The van der Waals surface area contributed by atoms with Crippen molar-refractivity contribution in [2.45, 2.75) is 39.2 Å². The van der Waals surface area contributed by atoms with Gasteiger partial charge in [0.05, 0.1) is 26.1 Å². The van der Waals surface area contributed by atoms with Crippen molar-refractivity contribution in [3.05, 3.63) is 0 Å². The van der Waals surface area contributed by atoms with Crippen molar-refractivity contribution >= 4 is 23.9 Å². The number of hydrogen-bond acceptors (Lipinski definition) is 7. The fraction of sp³-hybridized carbons (Fsp3) is 0.667. The molecule has 0 aromatic carbocycles. The molecule has 0 atom stereocenters. The molecule has 0 saturated heterocycles. The van der Waals surface area contributed by atoms with Crippen molar-refractivity contribution in [3.8, 4) is 0 Å². The van der Waals surface area contributed by atoms with Gasteiger partial charge < -0.3 is 19.3 Å². The van der Waals surface area contributed by atoms with E-state index in [1.165, 1.54) is 13.8 Å². The van der Waals surface area contributed by atoms with Gasteiger partial charge >= 0.3 is 23.9 Å². The van der Waals surface area contributed by atoms with Crippen molar-refractivity contribution < 1.29 is 38.5 Å². The lowest BCUT2D eigenvalue weighted by Crippen LogP contribution is -2.47. The Morgan fingerprint density at radius 3 is 1.60 bits per heavy atom. The first-order valence-electron chi connectivity index (χ1n) is 6.01. The SMILES string of the molecule is CCOC(=O)CC(CC(=O)OCC)(OC(C)=O)C(=O)O. The van der Waals surface area contributed by atoms with E-state index in [0.717, 1.165) is 6.92 Å². The molecule has 0 aromatic rings. The molecule has 0 aliphatic rings. The maximum absolute atomic E-state index is 11.5. The van der Waals surface area contributed by atoms with Crippen LogP contribution in [0.1, 0.15) is 33.6 Å². The highest BCUT2D eigenvalue weighted by atomic mass is 16.6. The van der Waals surface area contributed by atoms with Crippen LogP contribution in [-0.2, 0) is 33.4 Å². The molecule has 0 unspecified atom stereocenters. The Balaban J connectivity index is 5.23. The maximum atomic E-state index is 11.5. The number of carboxylic acid groups (broad SMARTS) is 1. The van der Waals surface area contributed by atoms with Gasteiger partial charge in [0, 0.05) is 6.92 Å². The lowest BCUT2D eigenvalue weighted by Gasteiger charge is -2.26. The van der Waals surface area contributed by atoms with Crippen LogP contribution in [0, 0.1) is 0 Å². The molecule has 0 rings (SSSR count). The predicted octanol–water partition coefficient (Wildman–Crippen LogP) is 0.279. The average Bonchev–Trinajstić information content (AvgIpc) is 2.27. The minimum absolute atomic E-state index is 0.0357. The highest BCUT2D eigenvalue weighted by Crippen LogP contribution is 2.23. The van der Waals surface area contributed by atoms with E-state index < -0.39 is 42.3 Å². The third-order valence-electron chi connectivity index (χ3n) is 2.20. The summed E-state index contributed by atoms with van der Waals surface area (Å²) in [5.41, 5.74) is -2.32. The molecule has 8 heteroatoms. The van der Waals surface area contributed by atoms with Gasteiger partial charge in [-0.05, 0) is 13.8 Å². The van der Waals surface area contributed by atoms with Crippen molar-refractivity contribution in [2.75, 3.05) is 13.2 Å². The highest BCUT2D eigenvalue weighted by molar-refractivity contribution is 5.91. The number of esters is 3. The van der Waals surface area contributed by atoms with Crippen LogP contribution < -0.4 is 0 Å². The first kappa shape index (κ1) is 17.9. The Morgan fingerprint density at radius 1 is 0.950 bits per heavy atom. The minimum Gasteiger partial charge on any atom is -0.478 e. The minimum atomic E-state index is -2.32. The quantitative estimate of drug-likeness (QED) is 0.500. The molecular weight excluding hydrogens is 272 g/mol. The zero-order valence-electron chi connectivity index (χ0n) is 11.6. The van der Waals surface area contributed by atoms with E-state index >= 15 is 0 Å². The molecule has 0 heterocycles. The van der Waals surface area contributed by atoms with Crippen LogP contribution in [0.25, 0.3) is 0 Å². The van der Waals surface area contributed by atoms with Crippen LogP contribution in [0.15, 0.2) is 0 Å². The summed E-state index contributed by atoms with van der Waals surface area (Å²) in [6.07, 6.45) is -1.54. The zero-order valence-corrected chi connectivity index (χ0v) is 11.6. The van der Waals surface area contributed by atoms with Crippen molar-refractivity contribution in [2.24, 2.45) is 0 Å². The summed E-state index contributed by atoms with van der Waals surface area (Å²) in [6, 6.07) is 0. The number of aliphatic carboxylic acids is 1. The molecule has 8 nitrogen and oxygen atoms in total. The monoisotopic (exact) mass is 290 g/mol. The largest absolute Gasteiger partial charge is 0.478 e. The average molecular weight is 290 g/mol. The molecule has 0 aliphatic carbocycles. The van der Waals surface area contributed by atoms with Gasteiger partial charge in [0.2, 0.25) is 5.60 Å². The van der Waals surface area contributed by atoms with Gasteiger partial charge in [0.1, 0.15) is 0 Å². The third kappa shape index (κ3) is 5.68. The Kier molecular flexibility index (Phi) is 7.27. The van der Waals surface area contributed by atoms with E-state index in [4.69, 9.17) is 4.74 Å². The summed E-state index contributed by atoms with van der Waals surface area (Å²) >= 11 is 0. The molecule has 0 radical (unpaired) electrons. The third-order valence-corrected chi connectivity index (χ3v) is 2.20. The van der Waals surface area contributed by atoms with Gasteiger partial charge in [-0.15, -0.1) is 0 Å². The first-order chi connectivity index (χ1) is 9.27. The molecule has 114 valence electrons. The van der Waals surface area contributed by atoms with Crippen LogP contribution in [0.2, 0.25) is 0 Å². The lowest BCUT2D eigenvalue weighted by atomic mass is 9.95. The maximum Gasteiger partial charge on any atom is 0.349 e. The molecular formula is C12H18O8. The molecule has 0 spiro atoms. The van der Waals surface area contributed by atoms with Gasteiger partial charge in [-0.1, -0.05) is 0 Å². The summed E-state index contributed by atoms with van der Waals surface area (Å²) in [7, 11) is 0.